The van der Waals surface area contributed by atoms with Gasteiger partial charge in [-0.25, -0.2) is 4.98 Å². The fraction of sp³-hybridized carbons (Fsp3) is 0.615. The van der Waals surface area contributed by atoms with Gasteiger partial charge >= 0.3 is 0 Å². The zero-order valence-electron chi connectivity index (χ0n) is 11.2. The maximum absolute atomic E-state index is 9.13. The summed E-state index contributed by atoms with van der Waals surface area (Å²) in [5.74, 6) is 1.42. The summed E-state index contributed by atoms with van der Waals surface area (Å²) in [7, 11) is 0. The van der Waals surface area contributed by atoms with Crippen molar-refractivity contribution in [3.63, 3.8) is 0 Å². The molecule has 2 aromatic heterocycles. The lowest BCUT2D eigenvalue weighted by atomic mass is 9.81. The monoisotopic (exact) mass is 274 g/mol. The summed E-state index contributed by atoms with van der Waals surface area (Å²) in [6, 6.07) is 0.861. The zero-order chi connectivity index (χ0) is 13.7. The number of aliphatic hydroxyl groups is 1. The summed E-state index contributed by atoms with van der Waals surface area (Å²) in [6.45, 7) is 0.259. The molecule has 4 rings (SSSR count). The van der Waals surface area contributed by atoms with E-state index in [-0.39, 0.29) is 12.6 Å². The number of rotatable bonds is 4. The largest absolute Gasteiger partial charge is 0.396 e. The van der Waals surface area contributed by atoms with E-state index in [1.165, 1.54) is 12.8 Å². The molecule has 0 unspecified atom stereocenters. The second kappa shape index (κ2) is 4.31. The Labute approximate surface area is 116 Å². The van der Waals surface area contributed by atoms with Crippen molar-refractivity contribution in [2.75, 3.05) is 17.7 Å². The van der Waals surface area contributed by atoms with E-state index < -0.39 is 0 Å². The minimum absolute atomic E-state index is 0.259. The van der Waals surface area contributed by atoms with E-state index in [0.29, 0.717) is 18.0 Å². The summed E-state index contributed by atoms with van der Waals surface area (Å²) in [6.07, 6.45) is 6.10. The Morgan fingerprint density at radius 1 is 1.35 bits per heavy atom. The first-order valence-corrected chi connectivity index (χ1v) is 7.12. The summed E-state index contributed by atoms with van der Waals surface area (Å²) < 4.78 is 2.07. The number of anilines is 2. The highest BCUT2D eigenvalue weighted by molar-refractivity contribution is 5.84. The van der Waals surface area contributed by atoms with Gasteiger partial charge in [0.1, 0.15) is 0 Å². The van der Waals surface area contributed by atoms with Crippen LogP contribution in [0, 0.1) is 5.92 Å². The lowest BCUT2D eigenvalue weighted by Crippen LogP contribution is -2.28. The van der Waals surface area contributed by atoms with Crippen LogP contribution in [0.5, 0.6) is 0 Å². The molecule has 106 valence electrons. The number of hydrogen-bond acceptors (Lipinski definition) is 6. The highest BCUT2D eigenvalue weighted by atomic mass is 16.3. The van der Waals surface area contributed by atoms with Gasteiger partial charge in [0.05, 0.1) is 6.33 Å². The first-order valence-electron chi connectivity index (χ1n) is 7.12. The van der Waals surface area contributed by atoms with Gasteiger partial charge < -0.3 is 20.7 Å². The fourth-order valence-electron chi connectivity index (χ4n) is 2.80. The number of nitrogens with zero attached hydrogens (tertiary/aromatic N) is 4. The Balaban J connectivity index is 1.70. The van der Waals surface area contributed by atoms with Gasteiger partial charge in [0.15, 0.2) is 17.0 Å². The van der Waals surface area contributed by atoms with Crippen LogP contribution in [0.4, 0.5) is 11.8 Å². The fourth-order valence-corrected chi connectivity index (χ4v) is 2.80. The molecule has 7 nitrogen and oxygen atoms in total. The van der Waals surface area contributed by atoms with E-state index in [2.05, 4.69) is 24.8 Å². The molecule has 4 N–H and O–H groups in total. The molecule has 2 aromatic rings. The second-order valence-electron chi connectivity index (χ2n) is 5.85. The molecule has 0 aromatic carbocycles. The molecule has 2 saturated carbocycles. The first kappa shape index (κ1) is 11.9. The molecule has 0 radical (unpaired) electrons. The highest BCUT2D eigenvalue weighted by Crippen LogP contribution is 2.39. The van der Waals surface area contributed by atoms with E-state index in [9.17, 15) is 0 Å². The molecular formula is C13H18N6O. The van der Waals surface area contributed by atoms with Crippen LogP contribution in [0.2, 0.25) is 0 Å². The number of nitrogens with two attached hydrogens (primary N) is 1. The molecule has 2 aliphatic rings. The molecule has 0 amide bonds. The molecule has 2 aliphatic carbocycles. The van der Waals surface area contributed by atoms with Crippen molar-refractivity contribution in [3.05, 3.63) is 6.33 Å². The molecule has 0 saturated heterocycles. The minimum atomic E-state index is 0.259. The van der Waals surface area contributed by atoms with Crippen LogP contribution in [-0.2, 0) is 0 Å². The van der Waals surface area contributed by atoms with Gasteiger partial charge in [-0.1, -0.05) is 0 Å². The maximum atomic E-state index is 9.13. The van der Waals surface area contributed by atoms with Crippen molar-refractivity contribution in [2.45, 2.75) is 37.8 Å². The van der Waals surface area contributed by atoms with Crippen molar-refractivity contribution < 1.29 is 5.11 Å². The van der Waals surface area contributed by atoms with E-state index in [1.807, 2.05) is 6.33 Å². The molecule has 0 atom stereocenters. The van der Waals surface area contributed by atoms with Crippen molar-refractivity contribution >= 4 is 22.9 Å². The molecule has 0 bridgehead atoms. The summed E-state index contributed by atoms with van der Waals surface area (Å²) >= 11 is 0. The Morgan fingerprint density at radius 2 is 2.15 bits per heavy atom. The van der Waals surface area contributed by atoms with Crippen molar-refractivity contribution in [1.29, 1.82) is 0 Å². The quantitative estimate of drug-likeness (QED) is 0.766. The lowest BCUT2D eigenvalue weighted by Gasteiger charge is -2.34. The summed E-state index contributed by atoms with van der Waals surface area (Å²) in [5, 5.41) is 12.5. The molecule has 0 spiro atoms. The van der Waals surface area contributed by atoms with Crippen LogP contribution in [0.15, 0.2) is 6.33 Å². The number of nitrogens with one attached hydrogen (secondary N) is 1. The van der Waals surface area contributed by atoms with Gasteiger partial charge in [-0.2, -0.15) is 9.97 Å². The molecule has 2 heterocycles. The van der Waals surface area contributed by atoms with Crippen molar-refractivity contribution in [3.8, 4) is 0 Å². The third-order valence-corrected chi connectivity index (χ3v) is 4.22. The molecule has 20 heavy (non-hydrogen) atoms. The standard InChI is InChI=1S/C13H18N6O/c14-13-17-11(16-8-1-2-8)10-12(18-13)19(6-15-10)9-3-7(4-9)5-20/h6-9,20H,1-5H2,(H3,14,16,17,18). The number of imidazole rings is 1. The van der Waals surface area contributed by atoms with Gasteiger partial charge in [0.2, 0.25) is 5.95 Å². The van der Waals surface area contributed by atoms with Crippen LogP contribution < -0.4 is 11.1 Å². The number of aromatic nitrogens is 4. The molecular weight excluding hydrogens is 256 g/mol. The van der Waals surface area contributed by atoms with Gasteiger partial charge in [-0.3, -0.25) is 0 Å². The Hall–Kier alpha value is -1.89. The highest BCUT2D eigenvalue weighted by Gasteiger charge is 2.32. The predicted molar refractivity (Wildman–Crippen MR) is 75.2 cm³/mol. The van der Waals surface area contributed by atoms with E-state index in [1.54, 1.807) is 0 Å². The average molecular weight is 274 g/mol. The number of fused-ring (bicyclic) bond motifs is 1. The maximum Gasteiger partial charge on any atom is 0.224 e. The van der Waals surface area contributed by atoms with Crippen LogP contribution in [0.3, 0.4) is 0 Å². The van der Waals surface area contributed by atoms with Crippen LogP contribution in [0.25, 0.3) is 11.2 Å². The minimum Gasteiger partial charge on any atom is -0.396 e. The van der Waals surface area contributed by atoms with Gasteiger partial charge in [0, 0.05) is 18.7 Å². The molecule has 7 heteroatoms. The van der Waals surface area contributed by atoms with Gasteiger partial charge in [0.25, 0.3) is 0 Å². The lowest BCUT2D eigenvalue weighted by molar-refractivity contribution is 0.114. The van der Waals surface area contributed by atoms with Gasteiger partial charge in [-0.15, -0.1) is 0 Å². The Morgan fingerprint density at radius 3 is 2.85 bits per heavy atom. The van der Waals surface area contributed by atoms with E-state index in [4.69, 9.17) is 10.8 Å². The van der Waals surface area contributed by atoms with Crippen molar-refractivity contribution in [1.82, 2.24) is 19.5 Å². The summed E-state index contributed by atoms with van der Waals surface area (Å²) in [5.41, 5.74) is 7.40. The van der Waals surface area contributed by atoms with Crippen LogP contribution >= 0.6 is 0 Å². The van der Waals surface area contributed by atoms with Crippen LogP contribution in [-0.4, -0.2) is 37.3 Å². The third kappa shape index (κ3) is 1.89. The molecule has 2 fully saturated rings. The third-order valence-electron chi connectivity index (χ3n) is 4.22. The zero-order valence-corrected chi connectivity index (χ0v) is 11.2. The number of hydrogen-bond donors (Lipinski definition) is 3. The van der Waals surface area contributed by atoms with E-state index in [0.717, 1.165) is 29.8 Å². The topological polar surface area (TPSA) is 102 Å². The normalized spacial score (nSPS) is 25.6. The van der Waals surface area contributed by atoms with E-state index >= 15 is 0 Å². The van der Waals surface area contributed by atoms with Gasteiger partial charge in [-0.05, 0) is 31.6 Å². The summed E-state index contributed by atoms with van der Waals surface area (Å²) in [4.78, 5) is 13.1. The average Bonchev–Trinajstić information content (AvgIpc) is 3.08. The smallest absolute Gasteiger partial charge is 0.224 e. The number of nitrogen functional groups attached to an aromatic ring is 1. The first-order chi connectivity index (χ1) is 9.74. The Kier molecular flexibility index (Phi) is 2.56. The predicted octanol–water partition coefficient (Wildman–Crippen LogP) is 0.926. The number of aliphatic hydroxyl groups excluding tert-OH is 1. The molecule has 0 aliphatic heterocycles. The van der Waals surface area contributed by atoms with Crippen molar-refractivity contribution in [2.24, 2.45) is 5.92 Å². The Bertz CT molecular complexity index is 644. The SMILES string of the molecule is Nc1nc(NC2CC2)c2ncn(C3CC(CO)C3)c2n1. The second-order valence-corrected chi connectivity index (χ2v) is 5.85. The van der Waals surface area contributed by atoms with Crippen LogP contribution in [0.1, 0.15) is 31.7 Å².